The number of ether oxygens (including phenoxy) is 1. The minimum atomic E-state index is -1.61. The molecule has 0 saturated carbocycles. The van der Waals surface area contributed by atoms with Gasteiger partial charge in [-0.25, -0.2) is 22.8 Å². The molecule has 5 atom stereocenters. The van der Waals surface area contributed by atoms with Crippen molar-refractivity contribution in [1.82, 2.24) is 25.1 Å². The van der Waals surface area contributed by atoms with Gasteiger partial charge in [0.2, 0.25) is 0 Å². The molecule has 45 heavy (non-hydrogen) atoms. The number of rotatable bonds is 7. The molecule has 5 aromatic rings. The number of aliphatic hydroxyl groups excluding tert-OH is 3. The van der Waals surface area contributed by atoms with Gasteiger partial charge in [-0.1, -0.05) is 33.8 Å². The molecule has 2 aliphatic heterocycles. The molecule has 3 aromatic heterocycles. The summed E-state index contributed by atoms with van der Waals surface area (Å²) in [7, 11) is 0. The molecule has 0 radical (unpaired) electrons. The number of fused-ring (bicyclic) bond motifs is 1. The molecule has 2 fully saturated rings. The van der Waals surface area contributed by atoms with Crippen LogP contribution in [0.5, 0.6) is 0 Å². The first kappa shape index (κ1) is 29.8. The molecule has 15 heteroatoms. The van der Waals surface area contributed by atoms with Crippen LogP contribution in [0.2, 0.25) is 0 Å². The summed E-state index contributed by atoms with van der Waals surface area (Å²) in [5.74, 6) is -3.51. The smallest absolute Gasteiger partial charge is 0.194 e. The van der Waals surface area contributed by atoms with Crippen LogP contribution in [-0.4, -0.2) is 84.6 Å². The van der Waals surface area contributed by atoms with E-state index in [9.17, 15) is 28.5 Å². The topological polar surface area (TPSA) is 143 Å². The number of hydrogen-bond acceptors (Lipinski definition) is 11. The Labute approximate surface area is 258 Å². The van der Waals surface area contributed by atoms with Crippen LogP contribution in [0.15, 0.2) is 53.2 Å². The van der Waals surface area contributed by atoms with E-state index >= 15 is 0 Å². The number of anilines is 1. The summed E-state index contributed by atoms with van der Waals surface area (Å²) in [5, 5.41) is 45.2. The van der Waals surface area contributed by atoms with Gasteiger partial charge in [0.05, 0.1) is 34.8 Å². The normalized spacial score (nSPS) is 24.5. The molecule has 2 aliphatic rings. The van der Waals surface area contributed by atoms with E-state index < -0.39 is 54.5 Å². The van der Waals surface area contributed by atoms with Gasteiger partial charge < -0.3 is 29.5 Å². The van der Waals surface area contributed by atoms with Gasteiger partial charge in [-0.2, -0.15) is 0 Å². The van der Waals surface area contributed by atoms with E-state index in [1.54, 1.807) is 11.3 Å². The Morgan fingerprint density at radius 1 is 0.978 bits per heavy atom. The first-order valence-corrected chi connectivity index (χ1v) is 15.4. The van der Waals surface area contributed by atoms with E-state index in [1.807, 2.05) is 24.3 Å². The third-order valence-corrected chi connectivity index (χ3v) is 9.62. The van der Waals surface area contributed by atoms with Crippen molar-refractivity contribution >= 4 is 26.7 Å². The Morgan fingerprint density at radius 2 is 1.71 bits per heavy atom. The highest BCUT2D eigenvalue weighted by Gasteiger charge is 2.46. The lowest BCUT2D eigenvalue weighted by molar-refractivity contribution is -0.205. The Morgan fingerprint density at radius 3 is 2.44 bits per heavy atom. The van der Waals surface area contributed by atoms with Crippen LogP contribution in [-0.2, 0) is 11.2 Å². The number of para-hydroxylation sites is 1. The molecule has 236 valence electrons. The zero-order valence-corrected chi connectivity index (χ0v) is 24.5. The second kappa shape index (κ2) is 12.1. The second-order valence-electron chi connectivity index (χ2n) is 11.4. The highest BCUT2D eigenvalue weighted by Crippen LogP contribution is 2.36. The molecule has 0 spiro atoms. The van der Waals surface area contributed by atoms with Gasteiger partial charge in [-0.05, 0) is 37.1 Å². The fourth-order valence-corrected chi connectivity index (χ4v) is 7.11. The quantitative estimate of drug-likeness (QED) is 0.226. The highest BCUT2D eigenvalue weighted by molar-refractivity contribution is 7.22. The number of aromatic nitrogens is 5. The van der Waals surface area contributed by atoms with E-state index in [0.717, 1.165) is 63.9 Å². The van der Waals surface area contributed by atoms with E-state index in [1.165, 1.54) is 6.20 Å². The zero-order valence-electron chi connectivity index (χ0n) is 23.7. The lowest BCUT2D eigenvalue weighted by Crippen LogP contribution is -2.56. The van der Waals surface area contributed by atoms with E-state index in [-0.39, 0.29) is 23.6 Å². The third-order valence-electron chi connectivity index (χ3n) is 8.52. The largest absolute Gasteiger partial charge is 0.394 e. The van der Waals surface area contributed by atoms with Crippen LogP contribution in [0.1, 0.15) is 36.3 Å². The number of benzene rings is 2. The summed E-state index contributed by atoms with van der Waals surface area (Å²) in [4.78, 5) is 7.05. The van der Waals surface area contributed by atoms with Gasteiger partial charge in [0.1, 0.15) is 35.8 Å². The number of nitrogens with zero attached hydrogens (tertiary/aromatic N) is 6. The molecular weight excluding hydrogens is 613 g/mol. The van der Waals surface area contributed by atoms with Crippen molar-refractivity contribution in [2.75, 3.05) is 24.6 Å². The average molecular weight is 643 g/mol. The van der Waals surface area contributed by atoms with Crippen LogP contribution >= 0.6 is 11.3 Å². The standard InChI is InChI=1S/C30H29F3N6O5S/c31-18-9-16(10-19(32)26(18)33)21-13-39(37-35-21)27-28(41)23(43-24(14-40)29(27)42)12-17-11-22(44-36-17)15-5-7-38(8-6-15)30-34-20-3-1-2-4-25(20)45-30/h1-4,9-11,13,15,23-24,27-29,40-42H,5-8,12,14H2/t23-,24-,27-,28+,29+/m1/s1. The maximum Gasteiger partial charge on any atom is 0.194 e. The molecule has 0 aliphatic carbocycles. The molecule has 3 N–H and O–H groups in total. The van der Waals surface area contributed by atoms with Gasteiger partial charge >= 0.3 is 0 Å². The molecule has 7 rings (SSSR count). The molecule has 11 nitrogen and oxygen atoms in total. The van der Waals surface area contributed by atoms with Crippen LogP contribution in [0.3, 0.4) is 0 Å². The first-order chi connectivity index (χ1) is 21.8. The maximum atomic E-state index is 13.8. The second-order valence-corrected chi connectivity index (χ2v) is 12.4. The molecule has 5 heterocycles. The summed E-state index contributed by atoms with van der Waals surface area (Å²) in [6, 6.07) is 10.3. The van der Waals surface area contributed by atoms with Crippen molar-refractivity contribution in [3.63, 3.8) is 0 Å². The van der Waals surface area contributed by atoms with Crippen molar-refractivity contribution in [2.24, 2.45) is 0 Å². The fourth-order valence-electron chi connectivity index (χ4n) is 6.09. The molecule has 2 saturated heterocycles. The van der Waals surface area contributed by atoms with Gasteiger partial charge in [-0.3, -0.25) is 0 Å². The van der Waals surface area contributed by atoms with Gasteiger partial charge in [0, 0.05) is 37.1 Å². The predicted octanol–water partition coefficient (Wildman–Crippen LogP) is 3.61. The third kappa shape index (κ3) is 5.70. The molecule has 2 aromatic carbocycles. The monoisotopic (exact) mass is 642 g/mol. The SMILES string of the molecule is OC[C@H]1O[C@H](Cc2cc(C3CCN(c4nc5ccccc5s4)CC3)on2)[C@H](O)[C@@H](n2cc(-c3cc(F)c(F)c(F)c3)nn2)[C@H]1O. The van der Waals surface area contributed by atoms with Crippen molar-refractivity contribution < 1.29 is 37.8 Å². The summed E-state index contributed by atoms with van der Waals surface area (Å²) < 4.78 is 54.9. The minimum absolute atomic E-state index is 0.00823. The van der Waals surface area contributed by atoms with Gasteiger partial charge in [0.15, 0.2) is 22.6 Å². The Kier molecular flexibility index (Phi) is 8.03. The number of piperidine rings is 1. The van der Waals surface area contributed by atoms with Gasteiger partial charge in [-0.15, -0.1) is 5.10 Å². The van der Waals surface area contributed by atoms with Crippen molar-refractivity contribution in [1.29, 1.82) is 0 Å². The summed E-state index contributed by atoms with van der Waals surface area (Å²) >= 11 is 1.68. The van der Waals surface area contributed by atoms with Crippen molar-refractivity contribution in [3.8, 4) is 11.3 Å². The Hall–Kier alpha value is -3.89. The highest BCUT2D eigenvalue weighted by atomic mass is 32.1. The van der Waals surface area contributed by atoms with E-state index in [2.05, 4.69) is 26.4 Å². The Balaban J connectivity index is 1.03. The molecule has 0 amide bonds. The fraction of sp³-hybridized carbons (Fsp3) is 0.400. The summed E-state index contributed by atoms with van der Waals surface area (Å²) in [6.07, 6.45) is -1.63. The molecular formula is C30H29F3N6O5S. The first-order valence-electron chi connectivity index (χ1n) is 14.5. The molecule has 0 unspecified atom stereocenters. The zero-order chi connectivity index (χ0) is 31.2. The average Bonchev–Trinajstić information content (AvgIpc) is 3.81. The van der Waals surface area contributed by atoms with E-state index in [4.69, 9.17) is 14.2 Å². The summed E-state index contributed by atoms with van der Waals surface area (Å²) in [5.41, 5.74) is 1.44. The van der Waals surface area contributed by atoms with Crippen LogP contribution in [0.4, 0.5) is 18.3 Å². The maximum absolute atomic E-state index is 13.8. The van der Waals surface area contributed by atoms with E-state index in [0.29, 0.717) is 5.69 Å². The number of aliphatic hydroxyl groups is 3. The Bertz CT molecular complexity index is 1750. The number of hydrogen-bond donors (Lipinski definition) is 3. The van der Waals surface area contributed by atoms with Crippen LogP contribution in [0.25, 0.3) is 21.5 Å². The lowest BCUT2D eigenvalue weighted by Gasteiger charge is -2.42. The lowest BCUT2D eigenvalue weighted by atomic mass is 9.90. The van der Waals surface area contributed by atoms with Crippen LogP contribution in [0, 0.1) is 17.5 Å². The number of halogens is 3. The summed E-state index contributed by atoms with van der Waals surface area (Å²) in [6.45, 7) is 1.09. The van der Waals surface area contributed by atoms with Gasteiger partial charge in [0.25, 0.3) is 0 Å². The number of thiazole rings is 1. The van der Waals surface area contributed by atoms with Crippen molar-refractivity contribution in [2.45, 2.75) is 55.6 Å². The minimum Gasteiger partial charge on any atom is -0.394 e. The van der Waals surface area contributed by atoms with Crippen molar-refractivity contribution in [3.05, 3.63) is 77.6 Å². The van der Waals surface area contributed by atoms with Crippen LogP contribution < -0.4 is 4.90 Å². The molecule has 0 bridgehead atoms. The predicted molar refractivity (Wildman–Crippen MR) is 156 cm³/mol.